The van der Waals surface area contributed by atoms with Crippen molar-refractivity contribution >= 4 is 0 Å². The van der Waals surface area contributed by atoms with Gasteiger partial charge in [0.25, 0.3) is 0 Å². The second kappa shape index (κ2) is 6.62. The first-order chi connectivity index (χ1) is 7.67. The van der Waals surface area contributed by atoms with E-state index in [9.17, 15) is 0 Å². The average molecular weight is 226 g/mol. The lowest BCUT2D eigenvalue weighted by molar-refractivity contribution is 0.136. The molecule has 0 spiro atoms. The van der Waals surface area contributed by atoms with Crippen molar-refractivity contribution in [2.45, 2.75) is 32.7 Å². The van der Waals surface area contributed by atoms with Crippen molar-refractivity contribution in [3.63, 3.8) is 0 Å². The summed E-state index contributed by atoms with van der Waals surface area (Å²) in [4.78, 5) is 0. The summed E-state index contributed by atoms with van der Waals surface area (Å²) < 4.78 is 7.22. The van der Waals surface area contributed by atoms with Gasteiger partial charge < -0.3 is 4.74 Å². The van der Waals surface area contributed by atoms with Gasteiger partial charge in [-0.3, -0.25) is 16.0 Å². The van der Waals surface area contributed by atoms with E-state index < -0.39 is 0 Å². The molecule has 5 heteroatoms. The summed E-state index contributed by atoms with van der Waals surface area (Å²) in [7, 11) is 1.96. The Morgan fingerprint density at radius 2 is 2.38 bits per heavy atom. The summed E-state index contributed by atoms with van der Waals surface area (Å²) in [5.41, 5.74) is 5.06. The molecule has 0 amide bonds. The van der Waals surface area contributed by atoms with E-state index in [1.54, 1.807) is 0 Å². The molecule has 0 saturated carbocycles. The van der Waals surface area contributed by atoms with Crippen LogP contribution >= 0.6 is 0 Å². The lowest BCUT2D eigenvalue weighted by Crippen LogP contribution is -2.38. The minimum absolute atomic E-state index is 0.237. The minimum Gasteiger partial charge on any atom is -0.382 e. The molecule has 1 rings (SSSR count). The Kier molecular flexibility index (Phi) is 5.45. The number of aromatic nitrogens is 2. The van der Waals surface area contributed by atoms with Crippen LogP contribution in [0.3, 0.4) is 0 Å². The molecule has 1 unspecified atom stereocenters. The number of nitrogens with zero attached hydrogens (tertiary/aromatic N) is 2. The fraction of sp³-hybridized carbons (Fsp3) is 0.727. The molecule has 1 aromatic heterocycles. The summed E-state index contributed by atoms with van der Waals surface area (Å²) in [6.45, 7) is 5.48. The van der Waals surface area contributed by atoms with Crippen LogP contribution in [0.2, 0.25) is 0 Å². The fourth-order valence-corrected chi connectivity index (χ4v) is 1.72. The van der Waals surface area contributed by atoms with E-state index in [2.05, 4.69) is 16.6 Å². The predicted octanol–water partition coefficient (Wildman–Crippen LogP) is 0.530. The zero-order valence-electron chi connectivity index (χ0n) is 10.4. The Morgan fingerprint density at radius 1 is 1.62 bits per heavy atom. The van der Waals surface area contributed by atoms with Crippen molar-refractivity contribution in [3.05, 3.63) is 17.5 Å². The third kappa shape index (κ3) is 3.92. The van der Waals surface area contributed by atoms with E-state index in [4.69, 9.17) is 10.6 Å². The van der Waals surface area contributed by atoms with Crippen molar-refractivity contribution in [2.24, 2.45) is 12.9 Å². The van der Waals surface area contributed by atoms with E-state index in [1.807, 2.05) is 25.6 Å². The first-order valence-corrected chi connectivity index (χ1v) is 5.70. The minimum atomic E-state index is 0.237. The molecule has 0 radical (unpaired) electrons. The zero-order chi connectivity index (χ0) is 12.0. The number of rotatable bonds is 7. The summed E-state index contributed by atoms with van der Waals surface area (Å²) in [6, 6.07) is 2.33. The highest BCUT2D eigenvalue weighted by Crippen LogP contribution is 2.07. The fourth-order valence-electron chi connectivity index (χ4n) is 1.72. The van der Waals surface area contributed by atoms with Crippen molar-refractivity contribution in [1.82, 2.24) is 15.2 Å². The molecule has 0 aliphatic heterocycles. The maximum atomic E-state index is 5.52. The van der Waals surface area contributed by atoms with Crippen LogP contribution in [0.15, 0.2) is 6.07 Å². The van der Waals surface area contributed by atoms with Crippen molar-refractivity contribution in [3.8, 4) is 0 Å². The van der Waals surface area contributed by atoms with Crippen molar-refractivity contribution in [1.29, 1.82) is 0 Å². The standard InChI is InChI=1S/C11H22N4O/c1-4-16-6-5-10(13-12)8-11-7-9(2)14-15(11)3/h7,10,13H,4-6,8,12H2,1-3H3. The van der Waals surface area contributed by atoms with Crippen LogP contribution in [-0.4, -0.2) is 29.0 Å². The molecule has 1 heterocycles. The Labute approximate surface area is 96.9 Å². The SMILES string of the molecule is CCOCCC(Cc1cc(C)nn1C)NN. The van der Waals surface area contributed by atoms with E-state index in [0.29, 0.717) is 0 Å². The quantitative estimate of drug-likeness (QED) is 0.404. The summed E-state index contributed by atoms with van der Waals surface area (Å²) >= 11 is 0. The van der Waals surface area contributed by atoms with Crippen LogP contribution in [0.25, 0.3) is 0 Å². The molecule has 0 saturated heterocycles. The summed E-state index contributed by atoms with van der Waals surface area (Å²) in [5, 5.41) is 4.31. The Hall–Kier alpha value is -0.910. The van der Waals surface area contributed by atoms with E-state index >= 15 is 0 Å². The number of ether oxygens (including phenoxy) is 1. The molecular weight excluding hydrogens is 204 g/mol. The number of hydrazine groups is 1. The average Bonchev–Trinajstić information content (AvgIpc) is 2.56. The third-order valence-electron chi connectivity index (χ3n) is 2.60. The lowest BCUT2D eigenvalue weighted by atomic mass is 10.1. The molecule has 0 aromatic carbocycles. The molecule has 0 aliphatic carbocycles. The third-order valence-corrected chi connectivity index (χ3v) is 2.60. The van der Waals surface area contributed by atoms with Gasteiger partial charge in [-0.05, 0) is 26.3 Å². The number of nitrogens with one attached hydrogen (secondary N) is 1. The largest absolute Gasteiger partial charge is 0.382 e. The van der Waals surface area contributed by atoms with Gasteiger partial charge in [0.2, 0.25) is 0 Å². The Morgan fingerprint density at radius 3 is 2.88 bits per heavy atom. The first-order valence-electron chi connectivity index (χ1n) is 5.70. The molecule has 3 N–H and O–H groups in total. The Balaban J connectivity index is 2.46. The van der Waals surface area contributed by atoms with Gasteiger partial charge in [-0.1, -0.05) is 0 Å². The smallest absolute Gasteiger partial charge is 0.0596 e. The van der Waals surface area contributed by atoms with Gasteiger partial charge in [0.1, 0.15) is 0 Å². The van der Waals surface area contributed by atoms with Crippen molar-refractivity contribution < 1.29 is 4.74 Å². The number of nitrogens with two attached hydrogens (primary N) is 1. The van der Waals surface area contributed by atoms with Gasteiger partial charge >= 0.3 is 0 Å². The Bertz CT molecular complexity index is 311. The second-order valence-corrected chi connectivity index (χ2v) is 3.95. The number of aryl methyl sites for hydroxylation is 2. The van der Waals surface area contributed by atoms with Crippen LogP contribution in [0.1, 0.15) is 24.7 Å². The molecule has 1 atom stereocenters. The van der Waals surface area contributed by atoms with E-state index in [0.717, 1.165) is 31.7 Å². The molecule has 92 valence electrons. The normalized spacial score (nSPS) is 13.0. The summed E-state index contributed by atoms with van der Waals surface area (Å²) in [5.74, 6) is 5.52. The van der Waals surface area contributed by atoms with Crippen LogP contribution in [0, 0.1) is 6.92 Å². The van der Waals surface area contributed by atoms with E-state index in [-0.39, 0.29) is 6.04 Å². The zero-order valence-corrected chi connectivity index (χ0v) is 10.4. The number of hydrogen-bond donors (Lipinski definition) is 2. The van der Waals surface area contributed by atoms with Crippen LogP contribution < -0.4 is 11.3 Å². The second-order valence-electron chi connectivity index (χ2n) is 3.95. The topological polar surface area (TPSA) is 65.1 Å². The molecule has 1 aromatic rings. The first kappa shape index (κ1) is 13.2. The highest BCUT2D eigenvalue weighted by Gasteiger charge is 2.11. The van der Waals surface area contributed by atoms with Gasteiger partial charge in [-0.15, -0.1) is 0 Å². The highest BCUT2D eigenvalue weighted by atomic mass is 16.5. The molecule has 0 bridgehead atoms. The molecular formula is C11H22N4O. The lowest BCUT2D eigenvalue weighted by Gasteiger charge is -2.15. The number of hydrogen-bond acceptors (Lipinski definition) is 4. The van der Waals surface area contributed by atoms with Crippen LogP contribution in [0.4, 0.5) is 0 Å². The summed E-state index contributed by atoms with van der Waals surface area (Å²) in [6.07, 6.45) is 1.79. The van der Waals surface area contributed by atoms with Gasteiger partial charge in [-0.25, -0.2) is 0 Å². The maximum absolute atomic E-state index is 5.52. The van der Waals surface area contributed by atoms with Gasteiger partial charge in [0, 0.05) is 38.4 Å². The highest BCUT2D eigenvalue weighted by molar-refractivity contribution is 5.09. The van der Waals surface area contributed by atoms with Gasteiger partial charge in [0.05, 0.1) is 5.69 Å². The van der Waals surface area contributed by atoms with Gasteiger partial charge in [0.15, 0.2) is 0 Å². The maximum Gasteiger partial charge on any atom is 0.0596 e. The molecule has 0 aliphatic rings. The monoisotopic (exact) mass is 226 g/mol. The van der Waals surface area contributed by atoms with Gasteiger partial charge in [-0.2, -0.15) is 5.10 Å². The molecule has 16 heavy (non-hydrogen) atoms. The van der Waals surface area contributed by atoms with Crippen LogP contribution in [0.5, 0.6) is 0 Å². The molecule has 5 nitrogen and oxygen atoms in total. The molecule has 0 fully saturated rings. The predicted molar refractivity (Wildman–Crippen MR) is 63.9 cm³/mol. The van der Waals surface area contributed by atoms with E-state index in [1.165, 1.54) is 5.69 Å². The van der Waals surface area contributed by atoms with Crippen LogP contribution in [-0.2, 0) is 18.2 Å². The van der Waals surface area contributed by atoms with Crippen molar-refractivity contribution in [2.75, 3.05) is 13.2 Å².